The summed E-state index contributed by atoms with van der Waals surface area (Å²) in [7, 11) is 0. The van der Waals surface area contributed by atoms with Gasteiger partial charge in [-0.2, -0.15) is 0 Å². The van der Waals surface area contributed by atoms with E-state index < -0.39 is 0 Å². The van der Waals surface area contributed by atoms with Crippen LogP contribution in [0.25, 0.3) is 10.8 Å². The quantitative estimate of drug-likeness (QED) is 0.512. The Hall–Kier alpha value is -2.39. The zero-order valence-corrected chi connectivity index (χ0v) is 13.3. The van der Waals surface area contributed by atoms with Crippen LogP contribution in [0, 0.1) is 0 Å². The van der Waals surface area contributed by atoms with E-state index in [1.807, 2.05) is 48.6 Å². The number of hydrogen-bond donors (Lipinski definition) is 2. The molecule has 3 aromatic rings. The number of fused-ring (bicyclic) bond motifs is 2. The van der Waals surface area contributed by atoms with Crippen molar-refractivity contribution in [2.24, 2.45) is 0 Å². The van der Waals surface area contributed by atoms with Crippen LogP contribution in [-0.4, -0.2) is 10.2 Å². The van der Waals surface area contributed by atoms with Crippen molar-refractivity contribution >= 4 is 22.5 Å². The standard InChI is InChI=1S/C20H16O2S/c21-19-15-8-4-5-9-16(15)20(22)18-12-14(10-11-17(18)19)23-13-6-2-1-3-7-13/h1-7,10-12,21-22H,8-9H2. The Balaban J connectivity index is 1.84. The van der Waals surface area contributed by atoms with E-state index >= 15 is 0 Å². The number of phenols is 2. The highest BCUT2D eigenvalue weighted by atomic mass is 32.2. The first-order valence-corrected chi connectivity index (χ1v) is 8.43. The lowest BCUT2D eigenvalue weighted by molar-refractivity contribution is 0.459. The van der Waals surface area contributed by atoms with Gasteiger partial charge in [0, 0.05) is 31.7 Å². The fourth-order valence-corrected chi connectivity index (χ4v) is 3.95. The molecule has 2 N–H and O–H groups in total. The van der Waals surface area contributed by atoms with Crippen LogP contribution in [0.3, 0.4) is 0 Å². The largest absolute Gasteiger partial charge is 0.507 e. The number of rotatable bonds is 2. The summed E-state index contributed by atoms with van der Waals surface area (Å²) in [6, 6.07) is 16.0. The van der Waals surface area contributed by atoms with Crippen LogP contribution in [0.4, 0.5) is 0 Å². The van der Waals surface area contributed by atoms with Gasteiger partial charge in [0.2, 0.25) is 0 Å². The van der Waals surface area contributed by atoms with Gasteiger partial charge in [0.1, 0.15) is 11.5 Å². The molecule has 0 bridgehead atoms. The molecule has 0 spiro atoms. The Morgan fingerprint density at radius 2 is 1.35 bits per heavy atom. The van der Waals surface area contributed by atoms with Gasteiger partial charge in [0.25, 0.3) is 0 Å². The van der Waals surface area contributed by atoms with Gasteiger partial charge in [-0.15, -0.1) is 0 Å². The lowest BCUT2D eigenvalue weighted by atomic mass is 9.91. The smallest absolute Gasteiger partial charge is 0.127 e. The predicted octanol–water partition coefficient (Wildman–Crippen LogP) is 5.06. The summed E-state index contributed by atoms with van der Waals surface area (Å²) in [5, 5.41) is 22.6. The fourth-order valence-electron chi connectivity index (χ4n) is 3.07. The molecular formula is C20H16O2S. The Bertz CT molecular complexity index is 914. The van der Waals surface area contributed by atoms with Crippen LogP contribution in [0.15, 0.2) is 70.5 Å². The minimum absolute atomic E-state index is 0.299. The Morgan fingerprint density at radius 3 is 2.04 bits per heavy atom. The second-order valence-electron chi connectivity index (χ2n) is 5.66. The molecular weight excluding hydrogens is 304 g/mol. The van der Waals surface area contributed by atoms with Gasteiger partial charge >= 0.3 is 0 Å². The van der Waals surface area contributed by atoms with Gasteiger partial charge in [0.15, 0.2) is 0 Å². The van der Waals surface area contributed by atoms with Crippen LogP contribution in [0.5, 0.6) is 11.5 Å². The molecule has 2 nitrogen and oxygen atoms in total. The molecule has 0 atom stereocenters. The molecule has 114 valence electrons. The molecule has 4 rings (SSSR count). The molecule has 0 fully saturated rings. The van der Waals surface area contributed by atoms with Crippen molar-refractivity contribution in [3.05, 3.63) is 71.8 Å². The minimum Gasteiger partial charge on any atom is -0.507 e. The Labute approximate surface area is 139 Å². The highest BCUT2D eigenvalue weighted by Gasteiger charge is 2.19. The van der Waals surface area contributed by atoms with Gasteiger partial charge in [-0.3, -0.25) is 0 Å². The summed E-state index contributed by atoms with van der Waals surface area (Å²) >= 11 is 1.65. The second kappa shape index (κ2) is 5.67. The third-order valence-corrected chi connectivity index (χ3v) is 5.22. The van der Waals surface area contributed by atoms with Gasteiger partial charge in [-0.1, -0.05) is 42.1 Å². The van der Waals surface area contributed by atoms with E-state index in [-0.39, 0.29) is 0 Å². The molecule has 0 saturated carbocycles. The van der Waals surface area contributed by atoms with Crippen molar-refractivity contribution in [3.63, 3.8) is 0 Å². The van der Waals surface area contributed by atoms with E-state index in [0.29, 0.717) is 29.7 Å². The average molecular weight is 320 g/mol. The number of aromatic hydroxyl groups is 2. The normalized spacial score (nSPS) is 13.2. The number of hydrogen-bond acceptors (Lipinski definition) is 3. The van der Waals surface area contributed by atoms with Crippen molar-refractivity contribution in [2.75, 3.05) is 0 Å². The van der Waals surface area contributed by atoms with Crippen LogP contribution in [0.2, 0.25) is 0 Å². The summed E-state index contributed by atoms with van der Waals surface area (Å²) < 4.78 is 0. The van der Waals surface area contributed by atoms with Gasteiger partial charge in [-0.05, 0) is 43.2 Å². The first-order chi connectivity index (χ1) is 11.2. The highest BCUT2D eigenvalue weighted by Crippen LogP contribution is 2.43. The van der Waals surface area contributed by atoms with E-state index in [4.69, 9.17) is 0 Å². The average Bonchev–Trinajstić information content (AvgIpc) is 2.60. The summed E-state index contributed by atoms with van der Waals surface area (Å²) in [6.45, 7) is 0. The maximum Gasteiger partial charge on any atom is 0.127 e. The zero-order chi connectivity index (χ0) is 15.8. The Kier molecular flexibility index (Phi) is 3.50. The highest BCUT2D eigenvalue weighted by molar-refractivity contribution is 7.99. The maximum atomic E-state index is 10.7. The van der Waals surface area contributed by atoms with Gasteiger partial charge in [-0.25, -0.2) is 0 Å². The first kappa shape index (κ1) is 14.2. The summed E-state index contributed by atoms with van der Waals surface area (Å²) in [4.78, 5) is 2.20. The summed E-state index contributed by atoms with van der Waals surface area (Å²) in [5.74, 6) is 0.598. The topological polar surface area (TPSA) is 40.5 Å². The fraction of sp³-hybridized carbons (Fsp3) is 0.100. The number of benzene rings is 3. The molecule has 3 heteroatoms. The third kappa shape index (κ3) is 2.47. The molecule has 1 aliphatic rings. The monoisotopic (exact) mass is 320 g/mol. The molecule has 0 heterocycles. The first-order valence-electron chi connectivity index (χ1n) is 7.61. The van der Waals surface area contributed by atoms with Crippen molar-refractivity contribution in [3.8, 4) is 11.5 Å². The molecule has 0 amide bonds. The molecule has 0 unspecified atom stereocenters. The van der Waals surface area contributed by atoms with Crippen molar-refractivity contribution in [1.29, 1.82) is 0 Å². The van der Waals surface area contributed by atoms with Gasteiger partial charge in [0.05, 0.1) is 0 Å². The predicted molar refractivity (Wildman–Crippen MR) is 94.4 cm³/mol. The minimum atomic E-state index is 0.299. The maximum absolute atomic E-state index is 10.7. The number of phenolic OH excluding ortho intramolecular Hbond substituents is 2. The van der Waals surface area contributed by atoms with Crippen molar-refractivity contribution in [1.82, 2.24) is 0 Å². The zero-order valence-electron chi connectivity index (χ0n) is 12.5. The molecule has 1 aliphatic carbocycles. The van der Waals surface area contributed by atoms with Crippen molar-refractivity contribution < 1.29 is 10.2 Å². The lowest BCUT2D eigenvalue weighted by Crippen LogP contribution is -1.99. The van der Waals surface area contributed by atoms with Crippen LogP contribution in [-0.2, 0) is 12.8 Å². The van der Waals surface area contributed by atoms with E-state index in [1.54, 1.807) is 11.8 Å². The van der Waals surface area contributed by atoms with Crippen LogP contribution in [0.1, 0.15) is 11.1 Å². The molecule has 23 heavy (non-hydrogen) atoms. The third-order valence-electron chi connectivity index (χ3n) is 4.23. The molecule has 0 radical (unpaired) electrons. The lowest BCUT2D eigenvalue weighted by Gasteiger charge is -2.18. The van der Waals surface area contributed by atoms with E-state index in [1.165, 1.54) is 0 Å². The molecule has 0 aromatic heterocycles. The van der Waals surface area contributed by atoms with E-state index in [9.17, 15) is 10.2 Å². The van der Waals surface area contributed by atoms with E-state index in [0.717, 1.165) is 26.3 Å². The molecule has 0 saturated heterocycles. The van der Waals surface area contributed by atoms with Crippen molar-refractivity contribution in [2.45, 2.75) is 22.6 Å². The molecule has 0 aliphatic heterocycles. The summed E-state index contributed by atoms with van der Waals surface area (Å²) in [5.41, 5.74) is 1.69. The second-order valence-corrected chi connectivity index (χ2v) is 6.80. The van der Waals surface area contributed by atoms with Gasteiger partial charge < -0.3 is 10.2 Å². The number of allylic oxidation sites excluding steroid dienone is 2. The molecule has 3 aromatic carbocycles. The Morgan fingerprint density at radius 1 is 0.696 bits per heavy atom. The van der Waals surface area contributed by atoms with Crippen LogP contribution < -0.4 is 0 Å². The van der Waals surface area contributed by atoms with E-state index in [2.05, 4.69) is 12.1 Å². The summed E-state index contributed by atoms with van der Waals surface area (Å²) in [6.07, 6.45) is 5.41. The SMILES string of the molecule is Oc1c2c(c(O)c3cc(Sc4ccccc4)ccc13)CC=CC2. The van der Waals surface area contributed by atoms with Crippen LogP contribution >= 0.6 is 11.8 Å².